The molecule has 2 aromatic heterocycles. The number of amides is 1. The summed E-state index contributed by atoms with van der Waals surface area (Å²) in [5.74, 6) is 1.40. The average molecular weight is 329 g/mol. The number of hydrogen-bond donors (Lipinski definition) is 0. The maximum atomic E-state index is 11.9. The van der Waals surface area contributed by atoms with E-state index < -0.39 is 0 Å². The molecule has 0 N–H and O–H groups in total. The number of likely N-dealkylation sites (tertiary alicyclic amines) is 1. The molecule has 0 spiro atoms. The summed E-state index contributed by atoms with van der Waals surface area (Å²) in [6.45, 7) is 3.66. The van der Waals surface area contributed by atoms with Gasteiger partial charge in [0, 0.05) is 39.6 Å². The van der Waals surface area contributed by atoms with Gasteiger partial charge in [0.2, 0.25) is 5.91 Å². The Morgan fingerprint density at radius 2 is 2.12 bits per heavy atom. The number of hydrogen-bond acceptors (Lipinski definition) is 5. The third-order valence-corrected chi connectivity index (χ3v) is 4.63. The highest BCUT2D eigenvalue weighted by atomic mass is 16.5. The lowest BCUT2D eigenvalue weighted by Crippen LogP contribution is -2.31. The number of aryl methyl sites for hydroxylation is 1. The van der Waals surface area contributed by atoms with Crippen LogP contribution in [0.4, 0.5) is 0 Å². The highest BCUT2D eigenvalue weighted by molar-refractivity contribution is 5.77. The molecule has 1 atom stereocenters. The van der Waals surface area contributed by atoms with Crippen LogP contribution in [-0.2, 0) is 23.0 Å². The Labute approximate surface area is 141 Å². The monoisotopic (exact) mass is 329 g/mol. The first-order valence-electron chi connectivity index (χ1n) is 8.15. The first-order valence-corrected chi connectivity index (χ1v) is 8.15. The molecule has 24 heavy (non-hydrogen) atoms. The van der Waals surface area contributed by atoms with Gasteiger partial charge in [-0.15, -0.1) is 0 Å². The maximum absolute atomic E-state index is 11.9. The Balaban J connectivity index is 1.75. The van der Waals surface area contributed by atoms with E-state index in [4.69, 9.17) is 4.74 Å². The number of aromatic nitrogens is 4. The second-order valence-electron chi connectivity index (χ2n) is 6.23. The van der Waals surface area contributed by atoms with Crippen LogP contribution >= 0.6 is 0 Å². The predicted octanol–water partition coefficient (Wildman–Crippen LogP) is 1.22. The van der Waals surface area contributed by atoms with Crippen LogP contribution in [0, 0.1) is 12.8 Å². The van der Waals surface area contributed by atoms with E-state index in [0.717, 1.165) is 48.8 Å². The number of imidazole rings is 1. The van der Waals surface area contributed by atoms with Crippen LogP contribution in [0.2, 0.25) is 0 Å². The van der Waals surface area contributed by atoms with Crippen molar-refractivity contribution in [1.29, 1.82) is 0 Å². The van der Waals surface area contributed by atoms with Crippen LogP contribution in [0.5, 0.6) is 0 Å². The molecule has 2 aromatic rings. The van der Waals surface area contributed by atoms with Crippen LogP contribution < -0.4 is 0 Å². The SMILES string of the molecule is COCC(=O)N1CC[C@H](Cc2nccnc2-c2cnc(C)n2C)C1. The first kappa shape index (κ1) is 16.6. The summed E-state index contributed by atoms with van der Waals surface area (Å²) >= 11 is 0. The Hall–Kier alpha value is -2.28. The van der Waals surface area contributed by atoms with Gasteiger partial charge in [-0.3, -0.25) is 14.8 Å². The van der Waals surface area contributed by atoms with Gasteiger partial charge in [0.15, 0.2) is 0 Å². The fourth-order valence-corrected chi connectivity index (χ4v) is 3.17. The molecule has 7 heteroatoms. The van der Waals surface area contributed by atoms with E-state index in [1.165, 1.54) is 0 Å². The second kappa shape index (κ2) is 7.09. The molecule has 0 saturated carbocycles. The molecule has 1 fully saturated rings. The van der Waals surface area contributed by atoms with Gasteiger partial charge in [0.05, 0.1) is 17.6 Å². The molecule has 1 amide bonds. The van der Waals surface area contributed by atoms with Crippen molar-refractivity contribution in [1.82, 2.24) is 24.4 Å². The summed E-state index contributed by atoms with van der Waals surface area (Å²) < 4.78 is 6.96. The Morgan fingerprint density at radius 1 is 1.33 bits per heavy atom. The number of carbonyl (C=O) groups is 1. The van der Waals surface area contributed by atoms with Crippen molar-refractivity contribution in [3.63, 3.8) is 0 Å². The zero-order chi connectivity index (χ0) is 17.1. The quantitative estimate of drug-likeness (QED) is 0.825. The van der Waals surface area contributed by atoms with Crippen molar-refractivity contribution < 1.29 is 9.53 Å². The second-order valence-corrected chi connectivity index (χ2v) is 6.23. The highest BCUT2D eigenvalue weighted by Crippen LogP contribution is 2.26. The molecule has 1 saturated heterocycles. The minimum atomic E-state index is 0.0571. The maximum Gasteiger partial charge on any atom is 0.248 e. The van der Waals surface area contributed by atoms with Crippen molar-refractivity contribution in [3.05, 3.63) is 30.1 Å². The van der Waals surface area contributed by atoms with E-state index in [9.17, 15) is 4.79 Å². The van der Waals surface area contributed by atoms with Gasteiger partial charge >= 0.3 is 0 Å². The van der Waals surface area contributed by atoms with Crippen LogP contribution in [-0.4, -0.2) is 57.1 Å². The molecule has 1 aliphatic rings. The first-order chi connectivity index (χ1) is 11.6. The largest absolute Gasteiger partial charge is 0.375 e. The lowest BCUT2D eigenvalue weighted by Gasteiger charge is -2.16. The fraction of sp³-hybridized carbons (Fsp3) is 0.529. The number of rotatable bonds is 5. The summed E-state index contributed by atoms with van der Waals surface area (Å²) in [4.78, 5) is 27.2. The number of nitrogens with zero attached hydrogens (tertiary/aromatic N) is 5. The van der Waals surface area contributed by atoms with Crippen LogP contribution in [0.25, 0.3) is 11.4 Å². The zero-order valence-corrected chi connectivity index (χ0v) is 14.4. The topological polar surface area (TPSA) is 73.1 Å². The van der Waals surface area contributed by atoms with Crippen molar-refractivity contribution >= 4 is 5.91 Å². The van der Waals surface area contributed by atoms with E-state index >= 15 is 0 Å². The summed E-state index contributed by atoms with van der Waals surface area (Å²) in [5, 5.41) is 0. The van der Waals surface area contributed by atoms with Gasteiger partial charge in [0.1, 0.15) is 18.1 Å². The normalized spacial score (nSPS) is 17.5. The summed E-state index contributed by atoms with van der Waals surface area (Å²) in [6, 6.07) is 0. The van der Waals surface area contributed by atoms with Crippen molar-refractivity contribution in [2.75, 3.05) is 26.8 Å². The van der Waals surface area contributed by atoms with Crippen LogP contribution in [0.1, 0.15) is 17.9 Å². The third-order valence-electron chi connectivity index (χ3n) is 4.63. The van der Waals surface area contributed by atoms with Crippen molar-refractivity contribution in [2.45, 2.75) is 19.8 Å². The van der Waals surface area contributed by atoms with Crippen molar-refractivity contribution in [3.8, 4) is 11.4 Å². The third kappa shape index (κ3) is 3.31. The molecular formula is C17H23N5O2. The number of ether oxygens (including phenoxy) is 1. The zero-order valence-electron chi connectivity index (χ0n) is 14.4. The number of methoxy groups -OCH3 is 1. The minimum Gasteiger partial charge on any atom is -0.375 e. The van der Waals surface area contributed by atoms with Crippen LogP contribution in [0.15, 0.2) is 18.6 Å². The Bertz CT molecular complexity index is 728. The van der Waals surface area contributed by atoms with E-state index in [-0.39, 0.29) is 12.5 Å². The molecule has 0 aliphatic carbocycles. The van der Waals surface area contributed by atoms with E-state index in [1.54, 1.807) is 19.5 Å². The molecule has 3 heterocycles. The van der Waals surface area contributed by atoms with Gasteiger partial charge in [-0.25, -0.2) is 4.98 Å². The predicted molar refractivity (Wildman–Crippen MR) is 89.2 cm³/mol. The summed E-state index contributed by atoms with van der Waals surface area (Å²) in [6.07, 6.45) is 7.07. The molecular weight excluding hydrogens is 306 g/mol. The Kier molecular flexibility index (Phi) is 4.89. The van der Waals surface area contributed by atoms with E-state index in [2.05, 4.69) is 15.0 Å². The smallest absolute Gasteiger partial charge is 0.248 e. The van der Waals surface area contributed by atoms with E-state index in [0.29, 0.717) is 5.92 Å². The summed E-state index contributed by atoms with van der Waals surface area (Å²) in [5.41, 5.74) is 2.81. The highest BCUT2D eigenvalue weighted by Gasteiger charge is 2.27. The van der Waals surface area contributed by atoms with Gasteiger partial charge in [-0.2, -0.15) is 0 Å². The van der Waals surface area contributed by atoms with Gasteiger partial charge < -0.3 is 14.2 Å². The molecule has 128 valence electrons. The molecule has 0 unspecified atom stereocenters. The molecule has 0 radical (unpaired) electrons. The molecule has 3 rings (SSSR count). The molecule has 7 nitrogen and oxygen atoms in total. The van der Waals surface area contributed by atoms with Gasteiger partial charge in [-0.1, -0.05) is 0 Å². The molecule has 0 aromatic carbocycles. The fourth-order valence-electron chi connectivity index (χ4n) is 3.17. The van der Waals surface area contributed by atoms with Gasteiger partial charge in [0.25, 0.3) is 0 Å². The lowest BCUT2D eigenvalue weighted by molar-refractivity contribution is -0.134. The molecule has 1 aliphatic heterocycles. The summed E-state index contributed by atoms with van der Waals surface area (Å²) in [7, 11) is 3.53. The van der Waals surface area contributed by atoms with Crippen molar-refractivity contribution in [2.24, 2.45) is 13.0 Å². The lowest BCUT2D eigenvalue weighted by atomic mass is 10.0. The number of carbonyl (C=O) groups excluding carboxylic acids is 1. The molecule has 0 bridgehead atoms. The Morgan fingerprint density at radius 3 is 2.83 bits per heavy atom. The standard InChI is InChI=1S/C17H23N5O2/c1-12-20-9-15(21(12)2)17-14(18-5-6-19-17)8-13-4-7-22(10-13)16(23)11-24-3/h5-6,9,13H,4,7-8,10-11H2,1-3H3/t13-/m1/s1. The van der Waals surface area contributed by atoms with E-state index in [1.807, 2.05) is 29.6 Å². The van der Waals surface area contributed by atoms with Gasteiger partial charge in [-0.05, 0) is 25.7 Å². The van der Waals surface area contributed by atoms with Crippen LogP contribution in [0.3, 0.4) is 0 Å². The minimum absolute atomic E-state index is 0.0571. The average Bonchev–Trinajstić information content (AvgIpc) is 3.17.